The molecule has 2 heterocycles. The van der Waals surface area contributed by atoms with Crippen molar-refractivity contribution in [2.24, 2.45) is 4.99 Å². The molecular weight excluding hydrogens is 515 g/mol. The fraction of sp³-hybridized carbons (Fsp3) is 0.0741. The number of para-hydroxylation sites is 1. The summed E-state index contributed by atoms with van der Waals surface area (Å²) in [5.74, 6) is -0.396. The third-order valence-electron chi connectivity index (χ3n) is 5.53. The Labute approximate surface area is 222 Å². The average Bonchev–Trinajstić information content (AvgIpc) is 3.36. The second-order valence-electron chi connectivity index (χ2n) is 8.20. The van der Waals surface area contributed by atoms with E-state index in [0.717, 1.165) is 27.7 Å². The minimum atomic E-state index is -0.258. The van der Waals surface area contributed by atoms with Crippen molar-refractivity contribution >= 4 is 80.3 Å². The Morgan fingerprint density at radius 1 is 1.11 bits per heavy atom. The van der Waals surface area contributed by atoms with E-state index < -0.39 is 0 Å². The van der Waals surface area contributed by atoms with E-state index in [1.807, 2.05) is 66.2 Å². The number of hydrogen-bond acceptors (Lipinski definition) is 4. The van der Waals surface area contributed by atoms with Crippen LogP contribution in [0.4, 0.5) is 11.4 Å². The Bertz CT molecular complexity index is 1580. The first-order chi connectivity index (χ1) is 17.4. The number of hydrogen-bond donors (Lipinski definition) is 2. The zero-order valence-corrected chi connectivity index (χ0v) is 21.4. The summed E-state index contributed by atoms with van der Waals surface area (Å²) in [5.41, 5.74) is 4.02. The highest BCUT2D eigenvalue weighted by atomic mass is 35.5. The molecule has 5 rings (SSSR count). The number of aromatic nitrogens is 1. The van der Waals surface area contributed by atoms with Gasteiger partial charge >= 0.3 is 0 Å². The highest BCUT2D eigenvalue weighted by Gasteiger charge is 2.25. The molecule has 2 amide bonds. The van der Waals surface area contributed by atoms with Gasteiger partial charge in [0.2, 0.25) is 5.91 Å². The molecule has 1 aliphatic rings. The van der Waals surface area contributed by atoms with Crippen molar-refractivity contribution in [3.05, 3.63) is 99.0 Å². The van der Waals surface area contributed by atoms with Crippen LogP contribution in [0.3, 0.4) is 0 Å². The van der Waals surface area contributed by atoms with Gasteiger partial charge in [-0.3, -0.25) is 9.59 Å². The van der Waals surface area contributed by atoms with Gasteiger partial charge in [0.1, 0.15) is 6.54 Å². The van der Waals surface area contributed by atoms with Gasteiger partial charge in [0.15, 0.2) is 5.17 Å². The van der Waals surface area contributed by atoms with Crippen molar-refractivity contribution in [3.63, 3.8) is 0 Å². The fourth-order valence-electron chi connectivity index (χ4n) is 3.91. The monoisotopic (exact) mass is 534 g/mol. The van der Waals surface area contributed by atoms with Gasteiger partial charge in [-0.15, -0.1) is 0 Å². The van der Waals surface area contributed by atoms with E-state index in [9.17, 15) is 9.59 Å². The first-order valence-electron chi connectivity index (χ1n) is 11.1. The Morgan fingerprint density at radius 3 is 2.75 bits per heavy atom. The van der Waals surface area contributed by atoms with Crippen molar-refractivity contribution in [2.45, 2.75) is 13.5 Å². The summed E-state index contributed by atoms with van der Waals surface area (Å²) in [6.07, 6.45) is 3.68. The number of benzene rings is 3. The predicted molar refractivity (Wildman–Crippen MR) is 149 cm³/mol. The predicted octanol–water partition coefficient (Wildman–Crippen LogP) is 6.79. The van der Waals surface area contributed by atoms with Gasteiger partial charge in [-0.25, -0.2) is 4.99 Å². The van der Waals surface area contributed by atoms with Crippen LogP contribution in [0, 0.1) is 6.92 Å². The van der Waals surface area contributed by atoms with Crippen LogP contribution in [0.1, 0.15) is 11.1 Å². The van der Waals surface area contributed by atoms with Crippen LogP contribution >= 0.6 is 35.0 Å². The molecular formula is C27H20Cl2N4O2S. The quantitative estimate of drug-likeness (QED) is 0.277. The van der Waals surface area contributed by atoms with E-state index in [1.54, 1.807) is 24.3 Å². The van der Waals surface area contributed by atoms with E-state index in [0.29, 0.717) is 25.8 Å². The van der Waals surface area contributed by atoms with E-state index in [2.05, 4.69) is 15.6 Å². The molecule has 0 bridgehead atoms. The summed E-state index contributed by atoms with van der Waals surface area (Å²) in [6, 6.07) is 20.6. The molecule has 4 aromatic rings. The lowest BCUT2D eigenvalue weighted by molar-refractivity contribution is -0.117. The lowest BCUT2D eigenvalue weighted by atomic mass is 10.1. The number of thioether (sulfide) groups is 1. The number of aryl methyl sites for hydroxylation is 1. The first kappa shape index (κ1) is 24.2. The van der Waals surface area contributed by atoms with E-state index in [4.69, 9.17) is 23.2 Å². The van der Waals surface area contributed by atoms with Gasteiger partial charge in [-0.05, 0) is 60.7 Å². The Hall–Kier alpha value is -3.52. The highest BCUT2D eigenvalue weighted by molar-refractivity contribution is 8.18. The van der Waals surface area contributed by atoms with E-state index >= 15 is 0 Å². The number of rotatable bonds is 5. The molecule has 180 valence electrons. The molecule has 0 unspecified atom stereocenters. The molecule has 0 aliphatic carbocycles. The van der Waals surface area contributed by atoms with Crippen LogP contribution < -0.4 is 10.6 Å². The number of amides is 2. The molecule has 1 aromatic heterocycles. The van der Waals surface area contributed by atoms with Crippen molar-refractivity contribution in [2.75, 3.05) is 5.32 Å². The molecule has 9 heteroatoms. The number of aliphatic imine (C=N–C) groups is 1. The summed E-state index contributed by atoms with van der Waals surface area (Å²) in [6.45, 7) is 2.11. The normalized spacial score (nSPS) is 15.6. The maximum atomic E-state index is 12.8. The van der Waals surface area contributed by atoms with E-state index in [1.165, 1.54) is 11.8 Å². The third-order valence-corrected chi connectivity index (χ3v) is 7.24. The zero-order valence-electron chi connectivity index (χ0n) is 19.1. The molecule has 36 heavy (non-hydrogen) atoms. The minimum Gasteiger partial charge on any atom is -0.337 e. The van der Waals surface area contributed by atoms with Crippen LogP contribution in [0.25, 0.3) is 17.0 Å². The summed E-state index contributed by atoms with van der Waals surface area (Å²) in [5, 5.41) is 7.78. The smallest absolute Gasteiger partial charge is 0.264 e. The first-order valence-corrected chi connectivity index (χ1v) is 12.6. The van der Waals surface area contributed by atoms with Gasteiger partial charge in [0, 0.05) is 28.4 Å². The van der Waals surface area contributed by atoms with Gasteiger partial charge in [0.05, 0.1) is 20.6 Å². The van der Waals surface area contributed by atoms with Gasteiger partial charge < -0.3 is 15.2 Å². The molecule has 0 radical (unpaired) electrons. The van der Waals surface area contributed by atoms with Crippen LogP contribution in [-0.4, -0.2) is 21.5 Å². The van der Waals surface area contributed by atoms with Crippen LogP contribution in [0.2, 0.25) is 10.0 Å². The number of halogens is 2. The molecule has 6 nitrogen and oxygen atoms in total. The maximum absolute atomic E-state index is 12.8. The second-order valence-corrected chi connectivity index (χ2v) is 10.0. The summed E-state index contributed by atoms with van der Waals surface area (Å²) >= 11 is 13.5. The lowest BCUT2D eigenvalue weighted by Gasteiger charge is -2.08. The fourth-order valence-corrected chi connectivity index (χ4v) is 5.07. The minimum absolute atomic E-state index is 0.136. The molecule has 1 saturated heterocycles. The van der Waals surface area contributed by atoms with Crippen molar-refractivity contribution in [1.29, 1.82) is 0 Å². The SMILES string of the molecule is Cc1cccc(NC(=O)Cn2cc(/C=C3/SC(=Nc4cccc(Cl)c4Cl)NC3=O)c3ccccc32)c1. The summed E-state index contributed by atoms with van der Waals surface area (Å²) in [4.78, 5) is 30.4. The van der Waals surface area contributed by atoms with Crippen molar-refractivity contribution < 1.29 is 9.59 Å². The number of amidine groups is 1. The number of anilines is 1. The van der Waals surface area contributed by atoms with Crippen LogP contribution in [0.15, 0.2) is 82.8 Å². The zero-order chi connectivity index (χ0) is 25.2. The molecule has 2 N–H and O–H groups in total. The molecule has 0 atom stereocenters. The maximum Gasteiger partial charge on any atom is 0.264 e. The second kappa shape index (κ2) is 10.2. The van der Waals surface area contributed by atoms with Gasteiger partial charge in [-0.1, -0.05) is 59.6 Å². The Balaban J connectivity index is 1.41. The highest BCUT2D eigenvalue weighted by Crippen LogP contribution is 2.35. The third kappa shape index (κ3) is 5.18. The Kier molecular flexibility index (Phi) is 6.87. The van der Waals surface area contributed by atoms with Crippen LogP contribution in [-0.2, 0) is 16.1 Å². The molecule has 1 aliphatic heterocycles. The number of nitrogens with zero attached hydrogens (tertiary/aromatic N) is 2. The topological polar surface area (TPSA) is 75.5 Å². The number of carbonyl (C=O) groups excluding carboxylic acids is 2. The number of nitrogens with one attached hydrogen (secondary N) is 2. The average molecular weight is 535 g/mol. The largest absolute Gasteiger partial charge is 0.337 e. The summed E-state index contributed by atoms with van der Waals surface area (Å²) < 4.78 is 1.88. The number of fused-ring (bicyclic) bond motifs is 1. The molecule has 0 saturated carbocycles. The molecule has 3 aromatic carbocycles. The van der Waals surface area contributed by atoms with Gasteiger partial charge in [-0.2, -0.15) is 0 Å². The Morgan fingerprint density at radius 2 is 1.92 bits per heavy atom. The standard InChI is InChI=1S/C27H20Cl2N4O2S/c1-16-6-4-7-18(12-16)30-24(34)15-33-14-17(19-8-2-3-11-22(19)33)13-23-26(35)32-27(36-23)31-21-10-5-9-20(28)25(21)29/h2-14H,15H2,1H3,(H,30,34)(H,31,32,35)/b23-13+. The van der Waals surface area contributed by atoms with Crippen molar-refractivity contribution in [3.8, 4) is 0 Å². The van der Waals surface area contributed by atoms with Crippen molar-refractivity contribution in [1.82, 2.24) is 9.88 Å². The van der Waals surface area contributed by atoms with E-state index in [-0.39, 0.29) is 18.4 Å². The summed E-state index contributed by atoms with van der Waals surface area (Å²) in [7, 11) is 0. The van der Waals surface area contributed by atoms with Gasteiger partial charge in [0.25, 0.3) is 5.91 Å². The molecule has 1 fully saturated rings. The lowest BCUT2D eigenvalue weighted by Crippen LogP contribution is -2.19. The molecule has 0 spiro atoms. The number of carbonyl (C=O) groups is 2. The van der Waals surface area contributed by atoms with Crippen LogP contribution in [0.5, 0.6) is 0 Å².